The molecule has 2 atom stereocenters. The zero-order chi connectivity index (χ0) is 37.3. The van der Waals surface area contributed by atoms with Crippen molar-refractivity contribution < 1.29 is 19.1 Å². The van der Waals surface area contributed by atoms with Crippen LogP contribution in [0, 0.1) is 11.8 Å². The summed E-state index contributed by atoms with van der Waals surface area (Å²) in [6.45, 7) is 11.1. The van der Waals surface area contributed by atoms with Crippen molar-refractivity contribution in [2.75, 3.05) is 13.2 Å². The normalized spacial score (nSPS) is 13.5. The van der Waals surface area contributed by atoms with Crippen molar-refractivity contribution in [3.8, 4) is 0 Å². The van der Waals surface area contributed by atoms with Crippen LogP contribution in [0.2, 0.25) is 0 Å². The van der Waals surface area contributed by atoms with Gasteiger partial charge in [-0.05, 0) is 119 Å². The highest BCUT2D eigenvalue weighted by molar-refractivity contribution is 6.20. The van der Waals surface area contributed by atoms with E-state index in [1.807, 2.05) is 27.7 Å². The number of carbonyl (C=O) groups excluding carboxylic acids is 2. The van der Waals surface area contributed by atoms with Gasteiger partial charge in [-0.25, -0.2) is 9.59 Å². The maximum atomic E-state index is 13.9. The van der Waals surface area contributed by atoms with Crippen LogP contribution in [0.15, 0.2) is 72.5 Å². The van der Waals surface area contributed by atoms with E-state index in [2.05, 4.69) is 0 Å². The molecule has 5 aromatic carbocycles. The minimum Gasteiger partial charge on any atom is -0.464 e. The van der Waals surface area contributed by atoms with Gasteiger partial charge >= 0.3 is 11.9 Å². The zero-order valence-electron chi connectivity index (χ0n) is 29.8. The van der Waals surface area contributed by atoms with Gasteiger partial charge in [0.2, 0.25) is 0 Å². The largest absolute Gasteiger partial charge is 0.464 e. The van der Waals surface area contributed by atoms with Crippen molar-refractivity contribution in [1.29, 1.82) is 0 Å². The van der Waals surface area contributed by atoms with Gasteiger partial charge in [-0.2, -0.15) is 0 Å². The molecule has 0 aliphatic rings. The molecule has 11 nitrogen and oxygen atoms in total. The molecule has 0 N–H and O–H groups in total. The predicted molar refractivity (Wildman–Crippen MR) is 203 cm³/mol. The van der Waals surface area contributed by atoms with Crippen LogP contribution >= 0.6 is 0 Å². The van der Waals surface area contributed by atoms with E-state index in [9.17, 15) is 33.6 Å². The number of fused-ring (bicyclic) bond motifs is 7. The third-order valence-corrected chi connectivity index (χ3v) is 9.93. The molecule has 0 aliphatic heterocycles. The summed E-state index contributed by atoms with van der Waals surface area (Å²) in [4.78, 5) is 94.4. The summed E-state index contributed by atoms with van der Waals surface area (Å²) in [5.74, 6) is -1.26. The standard InChI is InChI=1S/C41H38N2O9/c1-7-51-40(49)33(9-19(3)4)42-36(45)29-15-21-11-25-26-12-22-16-30-32(39(48)43(37(30)46)34(10-20(5)6)41(50)52-8-2)18-24(22)14-28(26)35(44)27(25)13-23(21)17-31(29)38(42)47/h11-20,33-34H,7-10H2,1-6H3. The third-order valence-electron chi connectivity index (χ3n) is 9.93. The average Bonchev–Trinajstić information content (AvgIpc) is 3.60. The molecule has 7 rings (SSSR count). The average molecular weight is 703 g/mol. The highest BCUT2D eigenvalue weighted by atomic mass is 16.5. The molecular weight excluding hydrogens is 664 g/mol. The van der Waals surface area contributed by atoms with Gasteiger partial charge in [0, 0.05) is 10.8 Å². The molecule has 2 unspecified atom stereocenters. The second kappa shape index (κ2) is 12.8. The Bertz CT molecular complexity index is 2700. The fourth-order valence-electron chi connectivity index (χ4n) is 7.63. The van der Waals surface area contributed by atoms with E-state index in [-0.39, 0.29) is 64.9 Å². The maximum Gasteiger partial charge on any atom is 0.329 e. The van der Waals surface area contributed by atoms with E-state index in [1.54, 1.807) is 62.4 Å². The quantitative estimate of drug-likeness (QED) is 0.166. The zero-order valence-corrected chi connectivity index (χ0v) is 29.8. The second-order valence-electron chi connectivity index (χ2n) is 14.4. The first kappa shape index (κ1) is 34.7. The van der Waals surface area contributed by atoms with Gasteiger partial charge < -0.3 is 9.47 Å². The summed E-state index contributed by atoms with van der Waals surface area (Å²) in [7, 11) is 0. The molecule has 0 saturated carbocycles. The van der Waals surface area contributed by atoms with Gasteiger partial charge in [0.25, 0.3) is 22.2 Å². The Morgan fingerprint density at radius 3 is 1.02 bits per heavy atom. The SMILES string of the molecule is CCOC(=O)C(CC(C)C)n1c(=O)c2cc3cc4c(=O)c5cc6cc7c(=O)n(C(CC(C)C)C(=O)OCC)c(=O)c7cc6cc5c4cc3cc2c1=O. The van der Waals surface area contributed by atoms with Crippen LogP contribution in [0.5, 0.6) is 0 Å². The van der Waals surface area contributed by atoms with Crippen LogP contribution in [-0.4, -0.2) is 34.3 Å². The molecule has 52 heavy (non-hydrogen) atoms. The number of esters is 2. The number of benzene rings is 4. The monoisotopic (exact) mass is 702 g/mol. The number of rotatable bonds is 10. The highest BCUT2D eigenvalue weighted by Gasteiger charge is 2.30. The van der Waals surface area contributed by atoms with E-state index in [0.29, 0.717) is 43.1 Å². The molecule has 11 heteroatoms. The molecule has 2 heterocycles. The van der Waals surface area contributed by atoms with E-state index in [1.165, 1.54) is 0 Å². The van der Waals surface area contributed by atoms with Gasteiger partial charge in [0.15, 0.2) is 5.43 Å². The number of ether oxygens (including phenoxy) is 2. The van der Waals surface area contributed by atoms with E-state index in [4.69, 9.17) is 9.47 Å². The Hall–Kier alpha value is -5.71. The summed E-state index contributed by atoms with van der Waals surface area (Å²) in [6, 6.07) is 11.3. The molecule has 0 radical (unpaired) electrons. The summed E-state index contributed by atoms with van der Waals surface area (Å²) in [5, 5.41) is 5.11. The van der Waals surface area contributed by atoms with Crippen LogP contribution in [0.3, 0.4) is 0 Å². The highest BCUT2D eigenvalue weighted by Crippen LogP contribution is 2.34. The molecule has 0 bridgehead atoms. The van der Waals surface area contributed by atoms with Crippen molar-refractivity contribution in [2.45, 2.75) is 66.5 Å². The van der Waals surface area contributed by atoms with Gasteiger partial charge in [-0.1, -0.05) is 27.7 Å². The van der Waals surface area contributed by atoms with Crippen LogP contribution in [0.4, 0.5) is 0 Å². The molecule has 0 aliphatic carbocycles. The van der Waals surface area contributed by atoms with Gasteiger partial charge in [0.05, 0.1) is 34.8 Å². The molecule has 0 amide bonds. The fourth-order valence-corrected chi connectivity index (χ4v) is 7.63. The molecule has 0 fully saturated rings. The second-order valence-corrected chi connectivity index (χ2v) is 14.4. The summed E-state index contributed by atoms with van der Waals surface area (Å²) in [6.07, 6.45) is 0.505. The molecular formula is C41H38N2O9. The summed E-state index contributed by atoms with van der Waals surface area (Å²) in [5.41, 5.74) is -2.58. The number of hydrogen-bond donors (Lipinski definition) is 0. The van der Waals surface area contributed by atoms with Crippen LogP contribution < -0.4 is 27.7 Å². The maximum absolute atomic E-state index is 13.9. The Labute approximate surface area is 296 Å². The lowest BCUT2D eigenvalue weighted by molar-refractivity contribution is -0.148. The fraction of sp³-hybridized carbons (Fsp3) is 0.341. The first-order valence-corrected chi connectivity index (χ1v) is 17.6. The Kier molecular flexibility index (Phi) is 8.55. The van der Waals surface area contributed by atoms with Gasteiger partial charge in [-0.15, -0.1) is 0 Å². The smallest absolute Gasteiger partial charge is 0.329 e. The lowest BCUT2D eigenvalue weighted by atomic mass is 10.0. The topological polar surface area (TPSA) is 148 Å². The lowest BCUT2D eigenvalue weighted by Gasteiger charge is -2.17. The summed E-state index contributed by atoms with van der Waals surface area (Å²) >= 11 is 0. The van der Waals surface area contributed by atoms with E-state index < -0.39 is 46.3 Å². The molecule has 0 spiro atoms. The van der Waals surface area contributed by atoms with Crippen molar-refractivity contribution in [1.82, 2.24) is 9.13 Å². The minimum absolute atomic E-state index is 0.00733. The van der Waals surface area contributed by atoms with Gasteiger partial charge in [0.1, 0.15) is 12.1 Å². The van der Waals surface area contributed by atoms with Crippen LogP contribution in [0.1, 0.15) is 66.5 Å². The van der Waals surface area contributed by atoms with E-state index >= 15 is 0 Å². The Morgan fingerprint density at radius 1 is 0.481 bits per heavy atom. The molecule has 266 valence electrons. The van der Waals surface area contributed by atoms with Crippen molar-refractivity contribution in [3.05, 3.63) is 100 Å². The predicted octanol–water partition coefficient (Wildman–Crippen LogP) is 5.62. The number of carbonyl (C=O) groups is 2. The minimum atomic E-state index is -1.07. The lowest BCUT2D eigenvalue weighted by Crippen LogP contribution is -2.36. The molecule has 0 saturated heterocycles. The van der Waals surface area contributed by atoms with E-state index in [0.717, 1.165) is 9.13 Å². The van der Waals surface area contributed by atoms with Crippen molar-refractivity contribution >= 4 is 76.6 Å². The first-order valence-electron chi connectivity index (χ1n) is 17.6. The Morgan fingerprint density at radius 2 is 0.750 bits per heavy atom. The number of hydrogen-bond acceptors (Lipinski definition) is 9. The first-order chi connectivity index (χ1) is 24.7. The van der Waals surface area contributed by atoms with Crippen LogP contribution in [-0.2, 0) is 19.1 Å². The van der Waals surface area contributed by atoms with Crippen molar-refractivity contribution in [3.63, 3.8) is 0 Å². The number of nitrogens with zero attached hydrogens (tertiary/aromatic N) is 2. The molecule has 2 aromatic heterocycles. The van der Waals surface area contributed by atoms with Crippen molar-refractivity contribution in [2.24, 2.45) is 11.8 Å². The van der Waals surface area contributed by atoms with Crippen LogP contribution in [0.25, 0.3) is 64.6 Å². The molecule has 7 aromatic rings. The summed E-state index contributed by atoms with van der Waals surface area (Å²) < 4.78 is 12.4. The number of aromatic nitrogens is 2. The Balaban J connectivity index is 1.42. The van der Waals surface area contributed by atoms with Gasteiger partial charge in [-0.3, -0.25) is 33.1 Å². The third kappa shape index (κ3) is 5.37.